The van der Waals surface area contributed by atoms with Crippen molar-refractivity contribution in [3.63, 3.8) is 0 Å². The Labute approximate surface area is 203 Å². The van der Waals surface area contributed by atoms with E-state index in [-0.39, 0.29) is 17.7 Å². The summed E-state index contributed by atoms with van der Waals surface area (Å²) in [5.74, 6) is 1.38. The zero-order valence-corrected chi connectivity index (χ0v) is 19.5. The lowest BCUT2D eigenvalue weighted by atomic mass is 9.69. The van der Waals surface area contributed by atoms with Gasteiger partial charge >= 0.3 is 13.2 Å². The second-order valence-corrected chi connectivity index (χ2v) is 8.33. The van der Waals surface area contributed by atoms with E-state index < -0.39 is 4.92 Å². The van der Waals surface area contributed by atoms with Crippen LogP contribution in [0.4, 0.5) is 17.3 Å². The number of nitrogens with zero attached hydrogens (tertiary/aromatic N) is 5. The van der Waals surface area contributed by atoms with Gasteiger partial charge in [-0.05, 0) is 43.3 Å². The van der Waals surface area contributed by atoms with E-state index in [0.717, 1.165) is 43.4 Å². The Hall–Kier alpha value is -3.96. The first-order valence-corrected chi connectivity index (χ1v) is 11.6. The molecule has 1 saturated carbocycles. The molecule has 2 aromatic heterocycles. The van der Waals surface area contributed by atoms with Gasteiger partial charge < -0.3 is 14.7 Å². The maximum absolute atomic E-state index is 11.5. The van der Waals surface area contributed by atoms with E-state index in [1.165, 1.54) is 6.20 Å². The van der Waals surface area contributed by atoms with E-state index >= 15 is 0 Å². The summed E-state index contributed by atoms with van der Waals surface area (Å²) in [6.45, 7) is 2.49. The summed E-state index contributed by atoms with van der Waals surface area (Å²) in [6, 6.07) is 7.70. The Bertz CT molecular complexity index is 1150. The summed E-state index contributed by atoms with van der Waals surface area (Å²) in [6.07, 6.45) is 9.95. The molecule has 0 atom stereocenters. The third kappa shape index (κ3) is 6.34. The fourth-order valence-electron chi connectivity index (χ4n) is 4.20. The minimum absolute atomic E-state index is 0.124. The number of rotatable bonds is 11. The summed E-state index contributed by atoms with van der Waals surface area (Å²) in [5, 5.41) is 26.1. The number of anilines is 2. The zero-order chi connectivity index (χ0) is 24.6. The standard InChI is InChI=1S/C23H27BN7O4/c1-2-34-20-9-3-16(4-10-20)11-21-22(31(32)33)13-26-23(29-21)28-18-12-27-30(14-18)19-7-5-17(6-8-19)24-35-15-25/h3-4,9-10,12-15,17,19,25H,2,5-8,11H2,1H3,(H,26,28,29). The minimum Gasteiger partial charge on any atom is -0.555 e. The van der Waals surface area contributed by atoms with Crippen LogP contribution in [0.2, 0.25) is 5.82 Å². The molecule has 0 saturated heterocycles. The van der Waals surface area contributed by atoms with E-state index in [1.54, 1.807) is 13.7 Å². The second kappa shape index (κ2) is 11.5. The highest BCUT2D eigenvalue weighted by Gasteiger charge is 2.25. The number of nitrogens with one attached hydrogen (secondary N) is 2. The van der Waals surface area contributed by atoms with Crippen molar-refractivity contribution in [1.29, 1.82) is 5.41 Å². The minimum atomic E-state index is -0.466. The first-order valence-electron chi connectivity index (χ1n) is 11.6. The van der Waals surface area contributed by atoms with Crippen LogP contribution >= 0.6 is 0 Å². The van der Waals surface area contributed by atoms with Crippen molar-refractivity contribution in [3.05, 3.63) is 64.2 Å². The normalized spacial score (nSPS) is 17.4. The SMILES string of the molecule is CCOc1ccc(Cc2nc(Nc3cnn(C4CCC([B]OC=N)CC4)c3)ncc2[N+](=O)[O-])cc1. The van der Waals surface area contributed by atoms with Crippen molar-refractivity contribution >= 4 is 31.2 Å². The number of benzene rings is 1. The van der Waals surface area contributed by atoms with E-state index in [9.17, 15) is 10.1 Å². The molecular weight excluding hydrogens is 449 g/mol. The van der Waals surface area contributed by atoms with Crippen LogP contribution in [0, 0.1) is 15.5 Å². The quantitative estimate of drug-likeness (QED) is 0.136. The molecule has 181 valence electrons. The van der Waals surface area contributed by atoms with Crippen molar-refractivity contribution < 1.29 is 14.3 Å². The molecule has 0 spiro atoms. The Kier molecular flexibility index (Phi) is 7.91. The van der Waals surface area contributed by atoms with Crippen LogP contribution in [-0.2, 0) is 11.1 Å². The summed E-state index contributed by atoms with van der Waals surface area (Å²) in [5.41, 5.74) is 1.80. The lowest BCUT2D eigenvalue weighted by molar-refractivity contribution is -0.386. The topological polar surface area (TPSA) is 141 Å². The van der Waals surface area contributed by atoms with Crippen LogP contribution in [0.5, 0.6) is 5.75 Å². The average Bonchev–Trinajstić information content (AvgIpc) is 3.33. The largest absolute Gasteiger partial charge is 0.555 e. The molecule has 0 amide bonds. The molecular formula is C23H27BN7O4. The molecule has 3 aromatic rings. The number of hydrogen-bond donors (Lipinski definition) is 2. The van der Waals surface area contributed by atoms with E-state index in [0.29, 0.717) is 30.2 Å². The van der Waals surface area contributed by atoms with Gasteiger partial charge in [-0.25, -0.2) is 9.97 Å². The van der Waals surface area contributed by atoms with Crippen LogP contribution in [0.25, 0.3) is 0 Å². The molecule has 0 bridgehead atoms. The summed E-state index contributed by atoms with van der Waals surface area (Å²) in [7, 11) is 1.73. The van der Waals surface area contributed by atoms with Gasteiger partial charge in [0.15, 0.2) is 0 Å². The number of hydrogen-bond acceptors (Lipinski definition) is 9. The van der Waals surface area contributed by atoms with Crippen LogP contribution in [0.1, 0.15) is 49.9 Å². The van der Waals surface area contributed by atoms with Gasteiger partial charge in [-0.1, -0.05) is 25.0 Å². The molecule has 1 fully saturated rings. The molecule has 4 rings (SSSR count). The number of ether oxygens (including phenoxy) is 1. The maximum atomic E-state index is 11.5. The van der Waals surface area contributed by atoms with Crippen LogP contribution in [0.15, 0.2) is 42.9 Å². The maximum Gasteiger partial charge on any atom is 0.374 e. The van der Waals surface area contributed by atoms with Gasteiger partial charge in [0, 0.05) is 12.6 Å². The monoisotopic (exact) mass is 476 g/mol. The number of nitro groups is 1. The highest BCUT2D eigenvalue weighted by Crippen LogP contribution is 2.35. The molecule has 0 aliphatic heterocycles. The van der Waals surface area contributed by atoms with Crippen molar-refractivity contribution in [2.45, 2.75) is 50.9 Å². The van der Waals surface area contributed by atoms with E-state index in [2.05, 4.69) is 20.4 Å². The predicted molar refractivity (Wildman–Crippen MR) is 131 cm³/mol. The fraction of sp³-hybridized carbons (Fsp3) is 0.391. The molecule has 1 aliphatic rings. The van der Waals surface area contributed by atoms with Crippen molar-refractivity contribution in [2.24, 2.45) is 0 Å². The van der Waals surface area contributed by atoms with Crippen molar-refractivity contribution in [2.75, 3.05) is 11.9 Å². The number of aromatic nitrogens is 4. The van der Waals surface area contributed by atoms with E-state index in [4.69, 9.17) is 14.8 Å². The highest BCUT2D eigenvalue weighted by molar-refractivity contribution is 6.31. The van der Waals surface area contributed by atoms with Gasteiger partial charge in [-0.2, -0.15) is 5.10 Å². The lowest BCUT2D eigenvalue weighted by Crippen LogP contribution is -2.19. The van der Waals surface area contributed by atoms with Gasteiger partial charge in [0.2, 0.25) is 5.95 Å². The molecule has 11 nitrogen and oxygen atoms in total. The molecule has 1 aliphatic carbocycles. The highest BCUT2D eigenvalue weighted by atomic mass is 16.6. The Morgan fingerprint density at radius 3 is 2.71 bits per heavy atom. The smallest absolute Gasteiger partial charge is 0.374 e. The summed E-state index contributed by atoms with van der Waals surface area (Å²) in [4.78, 5) is 19.6. The van der Waals surface area contributed by atoms with Gasteiger partial charge in [0.05, 0.1) is 29.5 Å². The molecule has 1 aromatic carbocycles. The molecule has 1 radical (unpaired) electrons. The van der Waals surface area contributed by atoms with E-state index in [1.807, 2.05) is 42.1 Å². The molecule has 2 N–H and O–H groups in total. The molecule has 12 heteroatoms. The van der Waals surface area contributed by atoms with Crippen molar-refractivity contribution in [1.82, 2.24) is 19.7 Å². The van der Waals surface area contributed by atoms with Crippen LogP contribution in [-0.4, -0.2) is 45.2 Å². The third-order valence-corrected chi connectivity index (χ3v) is 5.96. The molecule has 35 heavy (non-hydrogen) atoms. The molecule has 0 unspecified atom stereocenters. The van der Waals surface area contributed by atoms with Gasteiger partial charge in [0.25, 0.3) is 0 Å². The van der Waals surface area contributed by atoms with Gasteiger partial charge in [0.1, 0.15) is 24.0 Å². The predicted octanol–water partition coefficient (Wildman–Crippen LogP) is 4.46. The first-order chi connectivity index (χ1) is 17.1. The second-order valence-electron chi connectivity index (χ2n) is 8.33. The third-order valence-electron chi connectivity index (χ3n) is 5.96. The summed E-state index contributed by atoms with van der Waals surface area (Å²) < 4.78 is 12.4. The van der Waals surface area contributed by atoms with Crippen LogP contribution < -0.4 is 10.1 Å². The Morgan fingerprint density at radius 1 is 1.26 bits per heavy atom. The first kappa shape index (κ1) is 24.2. The summed E-state index contributed by atoms with van der Waals surface area (Å²) >= 11 is 0. The lowest BCUT2D eigenvalue weighted by Gasteiger charge is -2.27. The van der Waals surface area contributed by atoms with Gasteiger partial charge in [-0.3, -0.25) is 20.2 Å². The Morgan fingerprint density at radius 2 is 2.03 bits per heavy atom. The Balaban J connectivity index is 1.43. The van der Waals surface area contributed by atoms with Gasteiger partial charge in [-0.15, -0.1) is 0 Å². The molecule has 2 heterocycles. The van der Waals surface area contributed by atoms with Crippen LogP contribution in [0.3, 0.4) is 0 Å². The zero-order valence-electron chi connectivity index (χ0n) is 19.5. The van der Waals surface area contributed by atoms with Crippen molar-refractivity contribution in [3.8, 4) is 5.75 Å². The fourth-order valence-corrected chi connectivity index (χ4v) is 4.20. The average molecular weight is 476 g/mol.